The van der Waals surface area contributed by atoms with Crippen molar-refractivity contribution in [1.82, 2.24) is 0 Å². The summed E-state index contributed by atoms with van der Waals surface area (Å²) in [5.74, 6) is 0.811. The Morgan fingerprint density at radius 2 is 1.88 bits per heavy atom. The standard InChI is InChI=1S/C14H22BrP/c1-11(9-14(2,3)4)10-16-13-8-6-5-7-12(13)15/h5-8,11,16H,9-10H2,1-4H3. The van der Waals surface area contributed by atoms with E-state index >= 15 is 0 Å². The first kappa shape index (κ1) is 14.2. The maximum Gasteiger partial charge on any atom is 0.0249 e. The minimum absolute atomic E-state index is 0.456. The topological polar surface area (TPSA) is 0 Å². The Hall–Kier alpha value is 0.130. The van der Waals surface area contributed by atoms with E-state index in [1.165, 1.54) is 22.4 Å². The van der Waals surface area contributed by atoms with E-state index in [0.717, 1.165) is 14.5 Å². The predicted octanol–water partition coefficient (Wildman–Crippen LogP) is 4.83. The van der Waals surface area contributed by atoms with Crippen LogP contribution in [0.2, 0.25) is 0 Å². The molecule has 0 aliphatic rings. The minimum atomic E-state index is 0.456. The smallest absolute Gasteiger partial charge is 0.0249 e. The summed E-state index contributed by atoms with van der Waals surface area (Å²) in [5.41, 5.74) is 0.456. The van der Waals surface area contributed by atoms with E-state index in [1.807, 2.05) is 0 Å². The number of rotatable bonds is 4. The average Bonchev–Trinajstić information content (AvgIpc) is 2.14. The number of benzene rings is 1. The Labute approximate surface area is 110 Å². The lowest BCUT2D eigenvalue weighted by molar-refractivity contribution is 0.323. The molecule has 0 aromatic heterocycles. The highest BCUT2D eigenvalue weighted by molar-refractivity contribution is 9.10. The van der Waals surface area contributed by atoms with Gasteiger partial charge in [-0.05, 0) is 35.3 Å². The SMILES string of the molecule is CC(CPc1ccccc1Br)CC(C)(C)C. The Kier molecular flexibility index (Phi) is 5.47. The van der Waals surface area contributed by atoms with Crippen LogP contribution in [0.3, 0.4) is 0 Å². The van der Waals surface area contributed by atoms with Crippen molar-refractivity contribution < 1.29 is 0 Å². The van der Waals surface area contributed by atoms with Gasteiger partial charge in [-0.1, -0.05) is 70.4 Å². The Morgan fingerprint density at radius 1 is 1.25 bits per heavy atom. The van der Waals surface area contributed by atoms with E-state index in [1.54, 1.807) is 0 Å². The van der Waals surface area contributed by atoms with E-state index in [2.05, 4.69) is 67.9 Å². The van der Waals surface area contributed by atoms with Crippen LogP contribution in [0, 0.1) is 11.3 Å². The molecule has 0 saturated heterocycles. The van der Waals surface area contributed by atoms with Crippen LogP contribution in [0.5, 0.6) is 0 Å². The lowest BCUT2D eigenvalue weighted by atomic mass is 9.86. The molecule has 0 aliphatic carbocycles. The van der Waals surface area contributed by atoms with Crippen molar-refractivity contribution in [3.63, 3.8) is 0 Å². The molecule has 16 heavy (non-hydrogen) atoms. The summed E-state index contributed by atoms with van der Waals surface area (Å²) < 4.78 is 1.26. The first-order chi connectivity index (χ1) is 7.38. The molecule has 2 unspecified atom stereocenters. The quantitative estimate of drug-likeness (QED) is 0.699. The van der Waals surface area contributed by atoms with Crippen LogP contribution >= 0.6 is 24.5 Å². The second-order valence-electron chi connectivity index (χ2n) is 5.73. The van der Waals surface area contributed by atoms with Gasteiger partial charge in [-0.3, -0.25) is 0 Å². The van der Waals surface area contributed by atoms with Crippen molar-refractivity contribution in [2.75, 3.05) is 6.16 Å². The van der Waals surface area contributed by atoms with Crippen molar-refractivity contribution in [3.05, 3.63) is 28.7 Å². The van der Waals surface area contributed by atoms with E-state index < -0.39 is 0 Å². The zero-order chi connectivity index (χ0) is 12.2. The lowest BCUT2D eigenvalue weighted by Crippen LogP contribution is -2.13. The molecule has 0 bridgehead atoms. The molecule has 0 N–H and O–H groups in total. The first-order valence-electron chi connectivity index (χ1n) is 5.87. The zero-order valence-electron chi connectivity index (χ0n) is 10.7. The van der Waals surface area contributed by atoms with Crippen molar-refractivity contribution in [2.24, 2.45) is 11.3 Å². The fourth-order valence-corrected chi connectivity index (χ4v) is 3.89. The van der Waals surface area contributed by atoms with E-state index in [9.17, 15) is 0 Å². The van der Waals surface area contributed by atoms with Gasteiger partial charge in [-0.15, -0.1) is 0 Å². The zero-order valence-corrected chi connectivity index (χ0v) is 13.3. The summed E-state index contributed by atoms with van der Waals surface area (Å²) in [6.45, 7) is 9.34. The second-order valence-corrected chi connectivity index (χ2v) is 7.89. The highest BCUT2D eigenvalue weighted by atomic mass is 79.9. The minimum Gasteiger partial charge on any atom is -0.0889 e. The van der Waals surface area contributed by atoms with Crippen LogP contribution in [0.4, 0.5) is 0 Å². The third-order valence-electron chi connectivity index (χ3n) is 2.48. The largest absolute Gasteiger partial charge is 0.0889 e. The van der Waals surface area contributed by atoms with E-state index in [4.69, 9.17) is 0 Å². The molecule has 1 aromatic carbocycles. The molecule has 0 amide bonds. The van der Waals surface area contributed by atoms with Crippen LogP contribution in [0.25, 0.3) is 0 Å². The monoisotopic (exact) mass is 300 g/mol. The summed E-state index contributed by atoms with van der Waals surface area (Å²) >= 11 is 3.61. The van der Waals surface area contributed by atoms with Gasteiger partial charge in [0.15, 0.2) is 0 Å². The second kappa shape index (κ2) is 6.17. The van der Waals surface area contributed by atoms with Crippen LogP contribution < -0.4 is 5.30 Å². The number of hydrogen-bond acceptors (Lipinski definition) is 0. The molecule has 0 fully saturated rings. The molecular formula is C14H22BrP. The predicted molar refractivity (Wildman–Crippen MR) is 80.2 cm³/mol. The van der Waals surface area contributed by atoms with Gasteiger partial charge < -0.3 is 0 Å². The van der Waals surface area contributed by atoms with Crippen LogP contribution in [-0.2, 0) is 0 Å². The average molecular weight is 301 g/mol. The molecule has 0 spiro atoms. The molecule has 2 heteroatoms. The van der Waals surface area contributed by atoms with Crippen LogP contribution in [-0.4, -0.2) is 6.16 Å². The van der Waals surface area contributed by atoms with Crippen molar-refractivity contribution in [3.8, 4) is 0 Å². The van der Waals surface area contributed by atoms with Gasteiger partial charge in [0.2, 0.25) is 0 Å². The Balaban J connectivity index is 2.43. The van der Waals surface area contributed by atoms with Gasteiger partial charge >= 0.3 is 0 Å². The molecule has 2 atom stereocenters. The third kappa shape index (κ3) is 5.46. The van der Waals surface area contributed by atoms with Crippen LogP contribution in [0.1, 0.15) is 34.1 Å². The van der Waals surface area contributed by atoms with Crippen LogP contribution in [0.15, 0.2) is 28.7 Å². The highest BCUT2D eigenvalue weighted by Crippen LogP contribution is 2.28. The Bertz CT molecular complexity index is 328. The summed E-state index contributed by atoms with van der Waals surface area (Å²) in [6, 6.07) is 8.57. The fraction of sp³-hybridized carbons (Fsp3) is 0.571. The van der Waals surface area contributed by atoms with E-state index in [0.29, 0.717) is 5.41 Å². The van der Waals surface area contributed by atoms with Gasteiger partial charge in [0.25, 0.3) is 0 Å². The fourth-order valence-electron chi connectivity index (χ4n) is 2.01. The summed E-state index contributed by atoms with van der Waals surface area (Å²) in [5, 5.41) is 1.46. The molecule has 0 nitrogen and oxygen atoms in total. The summed E-state index contributed by atoms with van der Waals surface area (Å²) in [6.07, 6.45) is 2.62. The summed E-state index contributed by atoms with van der Waals surface area (Å²) in [7, 11) is 0.923. The van der Waals surface area contributed by atoms with Crippen molar-refractivity contribution in [2.45, 2.75) is 34.1 Å². The molecule has 0 radical (unpaired) electrons. The van der Waals surface area contributed by atoms with Crippen molar-refractivity contribution >= 4 is 29.8 Å². The molecule has 0 heterocycles. The molecular weight excluding hydrogens is 279 g/mol. The molecule has 0 aliphatic heterocycles. The molecule has 0 saturated carbocycles. The van der Waals surface area contributed by atoms with E-state index in [-0.39, 0.29) is 0 Å². The maximum atomic E-state index is 3.61. The van der Waals surface area contributed by atoms with Crippen molar-refractivity contribution in [1.29, 1.82) is 0 Å². The highest BCUT2D eigenvalue weighted by Gasteiger charge is 2.15. The third-order valence-corrected chi connectivity index (χ3v) is 5.25. The van der Waals surface area contributed by atoms with Gasteiger partial charge in [0, 0.05) is 4.47 Å². The van der Waals surface area contributed by atoms with Gasteiger partial charge in [0.05, 0.1) is 0 Å². The van der Waals surface area contributed by atoms with Gasteiger partial charge in [-0.2, -0.15) is 0 Å². The first-order valence-corrected chi connectivity index (χ1v) is 7.87. The lowest BCUT2D eigenvalue weighted by Gasteiger charge is -2.23. The Morgan fingerprint density at radius 3 is 2.44 bits per heavy atom. The van der Waals surface area contributed by atoms with Gasteiger partial charge in [0.1, 0.15) is 0 Å². The molecule has 90 valence electrons. The number of halogens is 1. The normalized spacial score (nSPS) is 14.6. The number of hydrogen-bond donors (Lipinski definition) is 0. The molecule has 1 aromatic rings. The van der Waals surface area contributed by atoms with Gasteiger partial charge in [-0.25, -0.2) is 0 Å². The maximum absolute atomic E-state index is 3.61. The summed E-state index contributed by atoms with van der Waals surface area (Å²) in [4.78, 5) is 0. The molecule has 1 rings (SSSR count).